The number of aromatic nitrogens is 1. The maximum absolute atomic E-state index is 11.7. The highest BCUT2D eigenvalue weighted by molar-refractivity contribution is 6.17. The molecule has 17 heavy (non-hydrogen) atoms. The molecular weight excluding hydrogens is 240 g/mol. The Bertz CT molecular complexity index is 346. The van der Waals surface area contributed by atoms with E-state index in [0.29, 0.717) is 24.0 Å². The van der Waals surface area contributed by atoms with Gasteiger partial charge in [-0.15, -0.1) is 11.6 Å². The van der Waals surface area contributed by atoms with Crippen molar-refractivity contribution in [2.45, 2.75) is 33.1 Å². The molecule has 1 aromatic rings. The van der Waals surface area contributed by atoms with Crippen LogP contribution in [0.3, 0.4) is 0 Å². The van der Waals surface area contributed by atoms with E-state index in [9.17, 15) is 4.79 Å². The molecule has 1 amide bonds. The van der Waals surface area contributed by atoms with Gasteiger partial charge >= 0.3 is 0 Å². The molecule has 0 saturated carbocycles. The molecule has 0 bridgehead atoms. The summed E-state index contributed by atoms with van der Waals surface area (Å²) >= 11 is 5.73. The quantitative estimate of drug-likeness (QED) is 0.765. The van der Waals surface area contributed by atoms with E-state index in [1.807, 2.05) is 0 Å². The van der Waals surface area contributed by atoms with Gasteiger partial charge in [0.15, 0.2) is 0 Å². The minimum absolute atomic E-state index is 0.207. The monoisotopic (exact) mass is 258 g/mol. The molecule has 5 heteroatoms. The van der Waals surface area contributed by atoms with E-state index in [1.165, 1.54) is 0 Å². The van der Waals surface area contributed by atoms with Crippen LogP contribution in [0, 0.1) is 12.8 Å². The Labute approximate surface area is 107 Å². The molecule has 0 aromatic carbocycles. The van der Waals surface area contributed by atoms with Crippen molar-refractivity contribution in [3.63, 3.8) is 0 Å². The second-order valence-corrected chi connectivity index (χ2v) is 4.55. The molecule has 0 aliphatic rings. The Morgan fingerprint density at radius 1 is 1.59 bits per heavy atom. The van der Waals surface area contributed by atoms with Crippen LogP contribution in [0.5, 0.6) is 0 Å². The van der Waals surface area contributed by atoms with Gasteiger partial charge in [-0.25, -0.2) is 0 Å². The summed E-state index contributed by atoms with van der Waals surface area (Å²) in [6.07, 6.45) is 3.09. The number of hydrogen-bond donors (Lipinski definition) is 1. The highest BCUT2D eigenvalue weighted by atomic mass is 35.5. The number of nitrogens with zero attached hydrogens (tertiary/aromatic N) is 1. The molecule has 1 rings (SSSR count). The Kier molecular flexibility index (Phi) is 6.05. The maximum atomic E-state index is 11.7. The zero-order chi connectivity index (χ0) is 12.7. The third-order valence-corrected chi connectivity index (χ3v) is 2.84. The summed E-state index contributed by atoms with van der Waals surface area (Å²) < 4.78 is 4.89. The zero-order valence-corrected chi connectivity index (χ0v) is 11.1. The van der Waals surface area contributed by atoms with Gasteiger partial charge in [-0.3, -0.25) is 4.79 Å². The van der Waals surface area contributed by atoms with Crippen LogP contribution in [0.2, 0.25) is 0 Å². The van der Waals surface area contributed by atoms with Crippen LogP contribution in [-0.4, -0.2) is 23.5 Å². The normalized spacial score (nSPS) is 12.4. The number of aryl methyl sites for hydroxylation is 1. The smallest absolute Gasteiger partial charge is 0.289 e. The molecule has 0 spiro atoms. The summed E-state index contributed by atoms with van der Waals surface area (Å²) in [5.41, 5.74) is 0.709. The van der Waals surface area contributed by atoms with Gasteiger partial charge in [0.1, 0.15) is 0 Å². The SMILES string of the molecule is CCCC(CCCl)CNC(=O)c1cc(C)no1. The van der Waals surface area contributed by atoms with Crippen LogP contribution in [0.4, 0.5) is 0 Å². The summed E-state index contributed by atoms with van der Waals surface area (Å²) in [5.74, 6) is 1.12. The van der Waals surface area contributed by atoms with Crippen molar-refractivity contribution in [1.82, 2.24) is 10.5 Å². The number of amides is 1. The standard InChI is InChI=1S/C12H19ClN2O2/c1-3-4-10(5-6-13)8-14-12(16)11-7-9(2)15-17-11/h7,10H,3-6,8H2,1-2H3,(H,14,16). The van der Waals surface area contributed by atoms with E-state index < -0.39 is 0 Å². The van der Waals surface area contributed by atoms with E-state index in [4.69, 9.17) is 16.1 Å². The molecule has 1 N–H and O–H groups in total. The van der Waals surface area contributed by atoms with Crippen LogP contribution < -0.4 is 5.32 Å². The maximum Gasteiger partial charge on any atom is 0.289 e. The molecular formula is C12H19ClN2O2. The summed E-state index contributed by atoms with van der Waals surface area (Å²) in [6, 6.07) is 1.63. The van der Waals surface area contributed by atoms with E-state index in [-0.39, 0.29) is 11.7 Å². The summed E-state index contributed by atoms with van der Waals surface area (Å²) in [7, 11) is 0. The first-order chi connectivity index (χ1) is 8.17. The fraction of sp³-hybridized carbons (Fsp3) is 0.667. The predicted octanol–water partition coefficient (Wildman–Crippen LogP) is 2.76. The predicted molar refractivity (Wildman–Crippen MR) is 67.3 cm³/mol. The molecule has 0 aliphatic heterocycles. The van der Waals surface area contributed by atoms with E-state index in [1.54, 1.807) is 13.0 Å². The second-order valence-electron chi connectivity index (χ2n) is 4.17. The number of carbonyl (C=O) groups is 1. The molecule has 0 aliphatic carbocycles. The van der Waals surface area contributed by atoms with Gasteiger partial charge in [0.25, 0.3) is 5.91 Å². The van der Waals surface area contributed by atoms with Gasteiger partial charge < -0.3 is 9.84 Å². The Hall–Kier alpha value is -1.03. The number of hydrogen-bond acceptors (Lipinski definition) is 3. The van der Waals surface area contributed by atoms with Gasteiger partial charge in [-0.2, -0.15) is 0 Å². The zero-order valence-electron chi connectivity index (χ0n) is 10.3. The summed E-state index contributed by atoms with van der Waals surface area (Å²) in [5, 5.41) is 6.53. The third kappa shape index (κ3) is 4.77. The van der Waals surface area contributed by atoms with Crippen molar-refractivity contribution in [1.29, 1.82) is 0 Å². The highest BCUT2D eigenvalue weighted by Crippen LogP contribution is 2.11. The average Bonchev–Trinajstić information content (AvgIpc) is 2.73. The largest absolute Gasteiger partial charge is 0.351 e. The van der Waals surface area contributed by atoms with Gasteiger partial charge in [-0.05, 0) is 25.7 Å². The lowest BCUT2D eigenvalue weighted by molar-refractivity contribution is 0.0909. The first-order valence-corrected chi connectivity index (χ1v) is 6.48. The number of alkyl halides is 1. The van der Waals surface area contributed by atoms with E-state index in [0.717, 1.165) is 19.3 Å². The first-order valence-electron chi connectivity index (χ1n) is 5.94. The molecule has 0 radical (unpaired) electrons. The Morgan fingerprint density at radius 2 is 2.35 bits per heavy atom. The van der Waals surface area contributed by atoms with Gasteiger partial charge in [0.05, 0.1) is 5.69 Å². The fourth-order valence-corrected chi connectivity index (χ4v) is 2.01. The minimum atomic E-state index is -0.207. The number of nitrogens with one attached hydrogen (secondary N) is 1. The van der Waals surface area contributed by atoms with Crippen LogP contribution in [0.15, 0.2) is 10.6 Å². The fourth-order valence-electron chi connectivity index (χ4n) is 1.71. The minimum Gasteiger partial charge on any atom is -0.351 e. The second kappa shape index (κ2) is 7.33. The molecule has 0 saturated heterocycles. The third-order valence-electron chi connectivity index (χ3n) is 2.62. The molecule has 1 aromatic heterocycles. The van der Waals surface area contributed by atoms with Crippen LogP contribution in [0.25, 0.3) is 0 Å². The Morgan fingerprint density at radius 3 is 2.88 bits per heavy atom. The lowest BCUT2D eigenvalue weighted by Crippen LogP contribution is -2.29. The molecule has 1 atom stereocenters. The lowest BCUT2D eigenvalue weighted by Gasteiger charge is -2.14. The van der Waals surface area contributed by atoms with Crippen LogP contribution in [-0.2, 0) is 0 Å². The number of halogens is 1. The molecule has 1 unspecified atom stereocenters. The molecule has 0 fully saturated rings. The topological polar surface area (TPSA) is 55.1 Å². The van der Waals surface area contributed by atoms with Gasteiger partial charge in [0.2, 0.25) is 5.76 Å². The number of carbonyl (C=O) groups excluding carboxylic acids is 1. The summed E-state index contributed by atoms with van der Waals surface area (Å²) in [6.45, 7) is 4.55. The van der Waals surface area contributed by atoms with Crippen LogP contribution >= 0.6 is 11.6 Å². The summed E-state index contributed by atoms with van der Waals surface area (Å²) in [4.78, 5) is 11.7. The van der Waals surface area contributed by atoms with Gasteiger partial charge in [0, 0.05) is 18.5 Å². The van der Waals surface area contributed by atoms with Crippen LogP contribution in [0.1, 0.15) is 42.4 Å². The van der Waals surface area contributed by atoms with Crippen molar-refractivity contribution < 1.29 is 9.32 Å². The highest BCUT2D eigenvalue weighted by Gasteiger charge is 2.13. The van der Waals surface area contributed by atoms with Crippen molar-refractivity contribution in [2.75, 3.05) is 12.4 Å². The van der Waals surface area contributed by atoms with Crippen molar-refractivity contribution in [3.05, 3.63) is 17.5 Å². The Balaban J connectivity index is 2.40. The molecule has 96 valence electrons. The van der Waals surface area contributed by atoms with Gasteiger partial charge in [-0.1, -0.05) is 18.5 Å². The van der Waals surface area contributed by atoms with Crippen molar-refractivity contribution >= 4 is 17.5 Å². The van der Waals surface area contributed by atoms with E-state index in [2.05, 4.69) is 17.4 Å². The average molecular weight is 259 g/mol. The lowest BCUT2D eigenvalue weighted by atomic mass is 10.0. The van der Waals surface area contributed by atoms with E-state index >= 15 is 0 Å². The molecule has 1 heterocycles. The van der Waals surface area contributed by atoms with Crippen molar-refractivity contribution in [3.8, 4) is 0 Å². The van der Waals surface area contributed by atoms with Crippen molar-refractivity contribution in [2.24, 2.45) is 5.92 Å². The number of rotatable bonds is 7. The first kappa shape index (κ1) is 14.0. The molecule has 4 nitrogen and oxygen atoms in total.